The summed E-state index contributed by atoms with van der Waals surface area (Å²) in [6.45, 7) is 0. The van der Waals surface area contributed by atoms with Gasteiger partial charge in [0.15, 0.2) is 0 Å². The van der Waals surface area contributed by atoms with Crippen molar-refractivity contribution in [2.24, 2.45) is 7.05 Å². The lowest BCUT2D eigenvalue weighted by atomic mass is 10.0. The van der Waals surface area contributed by atoms with Gasteiger partial charge < -0.3 is 24.7 Å². The Morgan fingerprint density at radius 1 is 0.865 bits per heavy atom. The third-order valence-corrected chi connectivity index (χ3v) is 6.06. The van der Waals surface area contributed by atoms with E-state index in [1.54, 1.807) is 50.7 Å². The summed E-state index contributed by atoms with van der Waals surface area (Å²) in [7, 11) is 5.02. The maximum absolute atomic E-state index is 13.5. The number of carbonyl (C=O) groups is 2. The first-order valence-corrected chi connectivity index (χ1v) is 11.9. The lowest BCUT2D eigenvalue weighted by molar-refractivity contribution is -0.122. The molecule has 190 valence electrons. The quantitative estimate of drug-likeness (QED) is 0.342. The maximum atomic E-state index is 13.5. The molecule has 0 fully saturated rings. The highest BCUT2D eigenvalue weighted by molar-refractivity contribution is 5.94. The van der Waals surface area contributed by atoms with E-state index in [1.807, 2.05) is 66.3 Å². The molecule has 0 spiro atoms. The highest BCUT2D eigenvalue weighted by Gasteiger charge is 2.25. The molecule has 2 unspecified atom stereocenters. The molecule has 1 heterocycles. The van der Waals surface area contributed by atoms with Crippen LogP contribution in [-0.2, 0) is 11.8 Å². The van der Waals surface area contributed by atoms with Crippen LogP contribution in [0.25, 0.3) is 0 Å². The second-order valence-corrected chi connectivity index (χ2v) is 8.55. The number of aryl methyl sites for hydroxylation is 1. The number of rotatable bonds is 10. The highest BCUT2D eigenvalue weighted by Crippen LogP contribution is 2.30. The van der Waals surface area contributed by atoms with Gasteiger partial charge in [0.2, 0.25) is 5.91 Å². The standard InChI is InChI=1S/C29H30N4O4/c1-33-15-14-30-28(33)27(22-16-23(36-2)18-24(17-22)37-3)32-26(34)19-25(20-10-6-4-7-11-20)31-29(35)21-12-8-5-9-13-21/h4-18,25,27H,19H2,1-3H3,(H,31,35)(H,32,34). The number of aromatic nitrogens is 2. The Kier molecular flexibility index (Phi) is 8.20. The zero-order valence-corrected chi connectivity index (χ0v) is 21.0. The van der Waals surface area contributed by atoms with Crippen LogP contribution in [0.2, 0.25) is 0 Å². The van der Waals surface area contributed by atoms with Crippen molar-refractivity contribution in [3.05, 3.63) is 114 Å². The van der Waals surface area contributed by atoms with Crippen LogP contribution < -0.4 is 20.1 Å². The highest BCUT2D eigenvalue weighted by atomic mass is 16.5. The fourth-order valence-electron chi connectivity index (χ4n) is 4.12. The Balaban J connectivity index is 1.61. The van der Waals surface area contributed by atoms with Gasteiger partial charge in [-0.1, -0.05) is 48.5 Å². The summed E-state index contributed by atoms with van der Waals surface area (Å²) in [5.74, 6) is 1.34. The van der Waals surface area contributed by atoms with Gasteiger partial charge >= 0.3 is 0 Å². The second-order valence-electron chi connectivity index (χ2n) is 8.55. The van der Waals surface area contributed by atoms with Crippen molar-refractivity contribution in [3.8, 4) is 11.5 Å². The van der Waals surface area contributed by atoms with E-state index >= 15 is 0 Å². The number of ether oxygens (including phenoxy) is 2. The second kappa shape index (κ2) is 11.9. The predicted octanol–water partition coefficient (Wildman–Crippen LogP) is 4.20. The molecule has 0 aliphatic heterocycles. The molecule has 0 saturated carbocycles. The van der Waals surface area contributed by atoms with Gasteiger partial charge in [-0.3, -0.25) is 9.59 Å². The number of methoxy groups -OCH3 is 2. The zero-order chi connectivity index (χ0) is 26.2. The summed E-state index contributed by atoms with van der Waals surface area (Å²) in [5, 5.41) is 6.12. The monoisotopic (exact) mass is 498 g/mol. The Hall–Kier alpha value is -4.59. The summed E-state index contributed by atoms with van der Waals surface area (Å²) in [6, 6.07) is 22.7. The molecule has 0 bridgehead atoms. The molecule has 4 aromatic rings. The molecule has 0 radical (unpaired) electrons. The van der Waals surface area contributed by atoms with Crippen LogP contribution in [0, 0.1) is 0 Å². The van der Waals surface area contributed by atoms with Crippen LogP contribution in [0.3, 0.4) is 0 Å². The molecule has 2 amide bonds. The minimum absolute atomic E-state index is 0.0324. The normalized spacial score (nSPS) is 12.3. The van der Waals surface area contributed by atoms with E-state index in [0.717, 1.165) is 11.1 Å². The Labute approximate surface area is 216 Å². The summed E-state index contributed by atoms with van der Waals surface area (Å²) in [6.07, 6.45) is 3.53. The Morgan fingerprint density at radius 2 is 1.49 bits per heavy atom. The van der Waals surface area contributed by atoms with Crippen LogP contribution in [-0.4, -0.2) is 35.6 Å². The molecule has 4 rings (SSSR count). The van der Waals surface area contributed by atoms with Gasteiger partial charge in [0.05, 0.1) is 26.7 Å². The van der Waals surface area contributed by atoms with Gasteiger partial charge in [0, 0.05) is 31.1 Å². The maximum Gasteiger partial charge on any atom is 0.251 e. The van der Waals surface area contributed by atoms with Gasteiger partial charge in [-0.25, -0.2) is 4.98 Å². The number of imidazole rings is 1. The molecule has 2 atom stereocenters. The predicted molar refractivity (Wildman–Crippen MR) is 140 cm³/mol. The van der Waals surface area contributed by atoms with Crippen molar-refractivity contribution >= 4 is 11.8 Å². The van der Waals surface area contributed by atoms with Crippen LogP contribution in [0.15, 0.2) is 91.3 Å². The summed E-state index contributed by atoms with van der Waals surface area (Å²) in [4.78, 5) is 30.9. The molecule has 37 heavy (non-hydrogen) atoms. The van der Waals surface area contributed by atoms with E-state index in [-0.39, 0.29) is 18.2 Å². The first-order valence-electron chi connectivity index (χ1n) is 11.9. The number of carbonyl (C=O) groups excluding carboxylic acids is 2. The van der Waals surface area contributed by atoms with E-state index in [9.17, 15) is 9.59 Å². The van der Waals surface area contributed by atoms with Crippen LogP contribution in [0.4, 0.5) is 0 Å². The molecule has 0 saturated heterocycles. The van der Waals surface area contributed by atoms with Crippen molar-refractivity contribution < 1.29 is 19.1 Å². The molecule has 0 aliphatic rings. The molecule has 2 N–H and O–H groups in total. The van der Waals surface area contributed by atoms with Crippen LogP contribution in [0.5, 0.6) is 11.5 Å². The third-order valence-electron chi connectivity index (χ3n) is 6.06. The van der Waals surface area contributed by atoms with E-state index < -0.39 is 12.1 Å². The molecule has 8 nitrogen and oxygen atoms in total. The third kappa shape index (κ3) is 6.35. The van der Waals surface area contributed by atoms with Crippen molar-refractivity contribution in [1.29, 1.82) is 0 Å². The lowest BCUT2D eigenvalue weighted by Crippen LogP contribution is -2.36. The first kappa shape index (κ1) is 25.5. The molecule has 1 aromatic heterocycles. The summed E-state index contributed by atoms with van der Waals surface area (Å²) < 4.78 is 12.7. The minimum atomic E-state index is -0.572. The Morgan fingerprint density at radius 3 is 2.05 bits per heavy atom. The SMILES string of the molecule is COc1cc(OC)cc(C(NC(=O)CC(NC(=O)c2ccccc2)c2ccccc2)c2nccn2C)c1. The zero-order valence-electron chi connectivity index (χ0n) is 21.0. The average molecular weight is 499 g/mol. The number of nitrogens with one attached hydrogen (secondary N) is 2. The fourth-order valence-corrected chi connectivity index (χ4v) is 4.12. The molecular weight excluding hydrogens is 468 g/mol. The van der Waals surface area contributed by atoms with Gasteiger partial charge in [0.25, 0.3) is 5.91 Å². The number of amides is 2. The number of hydrogen-bond donors (Lipinski definition) is 2. The van der Waals surface area contributed by atoms with Crippen LogP contribution in [0.1, 0.15) is 45.8 Å². The van der Waals surface area contributed by atoms with E-state index in [2.05, 4.69) is 15.6 Å². The minimum Gasteiger partial charge on any atom is -0.497 e. The number of nitrogens with zero attached hydrogens (tertiary/aromatic N) is 2. The van der Waals surface area contributed by atoms with Gasteiger partial charge in [-0.05, 0) is 35.4 Å². The molecule has 8 heteroatoms. The topological polar surface area (TPSA) is 94.5 Å². The van der Waals surface area contributed by atoms with Gasteiger partial charge in [-0.2, -0.15) is 0 Å². The van der Waals surface area contributed by atoms with Gasteiger partial charge in [-0.15, -0.1) is 0 Å². The molecular formula is C29H30N4O4. The van der Waals surface area contributed by atoms with Crippen molar-refractivity contribution in [1.82, 2.24) is 20.2 Å². The molecule has 0 aliphatic carbocycles. The Bertz CT molecular complexity index is 1320. The number of benzene rings is 3. The smallest absolute Gasteiger partial charge is 0.251 e. The van der Waals surface area contributed by atoms with Gasteiger partial charge in [0.1, 0.15) is 23.4 Å². The van der Waals surface area contributed by atoms with Crippen molar-refractivity contribution in [2.75, 3.05) is 14.2 Å². The van der Waals surface area contributed by atoms with E-state index in [0.29, 0.717) is 22.9 Å². The molecule has 3 aromatic carbocycles. The lowest BCUT2D eigenvalue weighted by Gasteiger charge is -2.23. The fraction of sp³-hybridized carbons (Fsp3) is 0.207. The van der Waals surface area contributed by atoms with Crippen molar-refractivity contribution in [3.63, 3.8) is 0 Å². The summed E-state index contributed by atoms with van der Waals surface area (Å²) in [5.41, 5.74) is 2.11. The average Bonchev–Trinajstić information content (AvgIpc) is 3.37. The number of hydrogen-bond acceptors (Lipinski definition) is 5. The largest absolute Gasteiger partial charge is 0.497 e. The van der Waals surface area contributed by atoms with Crippen LogP contribution >= 0.6 is 0 Å². The summed E-state index contributed by atoms with van der Waals surface area (Å²) >= 11 is 0. The first-order chi connectivity index (χ1) is 18.0. The van der Waals surface area contributed by atoms with Crippen molar-refractivity contribution in [2.45, 2.75) is 18.5 Å². The van der Waals surface area contributed by atoms with E-state index in [4.69, 9.17) is 9.47 Å². The van der Waals surface area contributed by atoms with E-state index in [1.165, 1.54) is 0 Å².